The summed E-state index contributed by atoms with van der Waals surface area (Å²) in [5, 5.41) is 2.89. The second-order valence-electron chi connectivity index (χ2n) is 10.2. The summed E-state index contributed by atoms with van der Waals surface area (Å²) in [6.45, 7) is 0.572. The fraction of sp³-hybridized carbons (Fsp3) is 0.536. The molecule has 1 N–H and O–H groups in total. The van der Waals surface area contributed by atoms with Crippen LogP contribution in [0.3, 0.4) is 0 Å². The number of benzene rings is 2. The molecular formula is C28H39F2N3O4S. The highest BCUT2D eigenvalue weighted by atomic mass is 32.2. The first-order valence-electron chi connectivity index (χ1n) is 13.1. The predicted octanol–water partition coefficient (Wildman–Crippen LogP) is 4.22. The van der Waals surface area contributed by atoms with Gasteiger partial charge in [-0.05, 0) is 87.2 Å². The maximum absolute atomic E-state index is 13.4. The molecule has 0 spiro atoms. The largest absolute Gasteiger partial charge is 0.370 e. The zero-order valence-corrected chi connectivity index (χ0v) is 23.2. The van der Waals surface area contributed by atoms with Crippen molar-refractivity contribution in [3.63, 3.8) is 0 Å². The molecule has 1 aliphatic carbocycles. The molecule has 1 amide bonds. The van der Waals surface area contributed by atoms with Crippen molar-refractivity contribution < 1.29 is 26.7 Å². The number of rotatable bonds is 13. The zero-order valence-electron chi connectivity index (χ0n) is 22.4. The van der Waals surface area contributed by atoms with Crippen molar-refractivity contribution in [2.75, 3.05) is 47.4 Å². The van der Waals surface area contributed by atoms with Crippen molar-refractivity contribution in [2.24, 2.45) is 11.8 Å². The van der Waals surface area contributed by atoms with Crippen LogP contribution in [0.1, 0.15) is 43.7 Å². The Balaban J connectivity index is 1.31. The van der Waals surface area contributed by atoms with Gasteiger partial charge in [-0.25, -0.2) is 17.2 Å². The van der Waals surface area contributed by atoms with Crippen molar-refractivity contribution in [1.29, 1.82) is 0 Å². The first-order chi connectivity index (χ1) is 18.1. The molecule has 0 radical (unpaired) electrons. The van der Waals surface area contributed by atoms with E-state index >= 15 is 0 Å². The minimum absolute atomic E-state index is 0.000803. The Bertz CT molecular complexity index is 1120. The molecule has 0 aromatic heterocycles. The monoisotopic (exact) mass is 551 g/mol. The molecule has 210 valence electrons. The lowest BCUT2D eigenvalue weighted by atomic mass is 9.75. The Labute approximate surface area is 225 Å². The number of nitrogens with zero attached hydrogens (tertiary/aromatic N) is 2. The van der Waals surface area contributed by atoms with Crippen molar-refractivity contribution in [3.8, 4) is 0 Å². The van der Waals surface area contributed by atoms with Gasteiger partial charge in [0.15, 0.2) is 0 Å². The number of nitrogens with one attached hydrogen (secondary N) is 1. The zero-order chi connectivity index (χ0) is 27.7. The lowest BCUT2D eigenvalue weighted by molar-refractivity contribution is -0.125. The Morgan fingerprint density at radius 2 is 1.55 bits per heavy atom. The number of amides is 1. The van der Waals surface area contributed by atoms with E-state index in [1.807, 2.05) is 12.1 Å². The third kappa shape index (κ3) is 8.56. The molecule has 38 heavy (non-hydrogen) atoms. The van der Waals surface area contributed by atoms with Crippen LogP contribution in [0.2, 0.25) is 0 Å². The number of halogens is 2. The number of sulfonamides is 1. The fourth-order valence-electron chi connectivity index (χ4n) is 5.18. The smallest absolute Gasteiger partial charge is 0.245 e. The molecule has 10 heteroatoms. The number of carbonyl (C=O) groups is 1. The van der Waals surface area contributed by atoms with E-state index < -0.39 is 15.8 Å². The maximum Gasteiger partial charge on any atom is 0.245 e. The molecule has 0 aliphatic heterocycles. The normalized spacial score (nSPS) is 19.0. The van der Waals surface area contributed by atoms with E-state index in [9.17, 15) is 22.0 Å². The topological polar surface area (TPSA) is 79.0 Å². The molecule has 7 nitrogen and oxygen atoms in total. The van der Waals surface area contributed by atoms with Gasteiger partial charge >= 0.3 is 0 Å². The number of ether oxygens (including phenoxy) is 1. The molecule has 0 heterocycles. The van der Waals surface area contributed by atoms with Crippen LogP contribution in [0.15, 0.2) is 53.4 Å². The van der Waals surface area contributed by atoms with Crippen LogP contribution in [0.4, 0.5) is 8.78 Å². The summed E-state index contributed by atoms with van der Waals surface area (Å²) in [5.41, 5.74) is 1.14. The third-order valence-electron chi connectivity index (χ3n) is 7.29. The molecule has 1 atom stereocenters. The molecule has 3 rings (SSSR count). The molecule has 1 aliphatic rings. The quantitative estimate of drug-likeness (QED) is 0.377. The van der Waals surface area contributed by atoms with E-state index in [0.717, 1.165) is 54.1 Å². The van der Waals surface area contributed by atoms with E-state index in [0.29, 0.717) is 18.4 Å². The number of carbonyl (C=O) groups excluding carboxylic acids is 1. The van der Waals surface area contributed by atoms with Crippen LogP contribution < -0.4 is 5.32 Å². The summed E-state index contributed by atoms with van der Waals surface area (Å²) in [6, 6.07) is 11.7. The van der Waals surface area contributed by atoms with Crippen molar-refractivity contribution in [3.05, 3.63) is 65.7 Å². The highest BCUT2D eigenvalue weighted by Crippen LogP contribution is 2.40. The van der Waals surface area contributed by atoms with Gasteiger partial charge in [0.05, 0.1) is 11.5 Å². The molecule has 1 fully saturated rings. The summed E-state index contributed by atoms with van der Waals surface area (Å²) in [5.74, 6) is 0.109. The SMILES string of the molecule is CN(C)C(c1ccc(F)cc1)C1CCC(CCNC(=O)COCCN(C)S(=O)(=O)c2ccc(F)cc2)CC1. The van der Waals surface area contributed by atoms with Crippen LogP contribution in [-0.4, -0.2) is 71.0 Å². The second kappa shape index (κ2) is 14.1. The van der Waals surface area contributed by atoms with Gasteiger partial charge in [-0.15, -0.1) is 0 Å². The van der Waals surface area contributed by atoms with Gasteiger partial charge in [0.2, 0.25) is 15.9 Å². The minimum Gasteiger partial charge on any atom is -0.370 e. The van der Waals surface area contributed by atoms with E-state index in [1.54, 1.807) is 0 Å². The van der Waals surface area contributed by atoms with Crippen LogP contribution >= 0.6 is 0 Å². The number of hydrogen-bond acceptors (Lipinski definition) is 5. The van der Waals surface area contributed by atoms with Gasteiger partial charge in [0.25, 0.3) is 0 Å². The van der Waals surface area contributed by atoms with Gasteiger partial charge in [0.1, 0.15) is 18.2 Å². The minimum atomic E-state index is -3.75. The summed E-state index contributed by atoms with van der Waals surface area (Å²) < 4.78 is 57.9. The Hall–Kier alpha value is -2.40. The van der Waals surface area contributed by atoms with E-state index in [-0.39, 0.29) is 42.4 Å². The van der Waals surface area contributed by atoms with Crippen molar-refractivity contribution in [2.45, 2.75) is 43.0 Å². The standard InChI is InChI=1S/C28H39F2N3O4S/c1-32(2)28(23-8-10-24(29)11-9-23)22-6-4-21(5-7-22)16-17-31-27(34)20-37-19-18-33(3)38(35,36)26-14-12-25(30)13-15-26/h8-15,21-22,28H,4-7,16-20H2,1-3H3,(H,31,34). The summed E-state index contributed by atoms with van der Waals surface area (Å²) >= 11 is 0. The van der Waals surface area contributed by atoms with Crippen molar-refractivity contribution >= 4 is 15.9 Å². The van der Waals surface area contributed by atoms with Crippen molar-refractivity contribution in [1.82, 2.24) is 14.5 Å². The third-order valence-corrected chi connectivity index (χ3v) is 9.16. The number of likely N-dealkylation sites (N-methyl/N-ethyl adjacent to an activating group) is 1. The summed E-state index contributed by atoms with van der Waals surface area (Å²) in [4.78, 5) is 14.4. The maximum atomic E-state index is 13.4. The van der Waals surface area contributed by atoms with Gasteiger partial charge in [-0.1, -0.05) is 25.0 Å². The van der Waals surface area contributed by atoms with Crippen LogP contribution in [-0.2, 0) is 19.6 Å². The Morgan fingerprint density at radius 1 is 0.974 bits per heavy atom. The van der Waals surface area contributed by atoms with E-state index in [2.05, 4.69) is 24.3 Å². The summed E-state index contributed by atoms with van der Waals surface area (Å²) in [6.07, 6.45) is 5.28. The Kier molecular flexibility index (Phi) is 11.2. The van der Waals surface area contributed by atoms with Crippen LogP contribution in [0, 0.1) is 23.5 Å². The van der Waals surface area contributed by atoms with Crippen LogP contribution in [0.5, 0.6) is 0 Å². The average molecular weight is 552 g/mol. The summed E-state index contributed by atoms with van der Waals surface area (Å²) in [7, 11) is 1.81. The predicted molar refractivity (Wildman–Crippen MR) is 143 cm³/mol. The fourth-order valence-corrected chi connectivity index (χ4v) is 6.33. The van der Waals surface area contributed by atoms with Crippen LogP contribution in [0.25, 0.3) is 0 Å². The molecule has 2 aromatic rings. The highest BCUT2D eigenvalue weighted by Gasteiger charge is 2.30. The number of hydrogen-bond donors (Lipinski definition) is 1. The van der Waals surface area contributed by atoms with E-state index in [4.69, 9.17) is 4.74 Å². The average Bonchev–Trinajstić information content (AvgIpc) is 2.88. The Morgan fingerprint density at radius 3 is 2.13 bits per heavy atom. The lowest BCUT2D eigenvalue weighted by Gasteiger charge is -2.37. The molecule has 0 saturated heterocycles. The van der Waals surface area contributed by atoms with Gasteiger partial charge in [0, 0.05) is 26.2 Å². The molecule has 1 saturated carbocycles. The second-order valence-corrected chi connectivity index (χ2v) is 12.3. The van der Waals surface area contributed by atoms with Gasteiger partial charge < -0.3 is 15.0 Å². The van der Waals surface area contributed by atoms with E-state index in [1.165, 1.54) is 31.3 Å². The van der Waals surface area contributed by atoms with Gasteiger partial charge in [-0.3, -0.25) is 4.79 Å². The molecule has 1 unspecified atom stereocenters. The molecule has 2 aromatic carbocycles. The highest BCUT2D eigenvalue weighted by molar-refractivity contribution is 7.89. The lowest BCUT2D eigenvalue weighted by Crippen LogP contribution is -2.34. The first-order valence-corrected chi connectivity index (χ1v) is 14.5. The van der Waals surface area contributed by atoms with Gasteiger partial charge in [-0.2, -0.15) is 4.31 Å². The first kappa shape index (κ1) is 30.1. The molecular weight excluding hydrogens is 512 g/mol. The molecule has 0 bridgehead atoms.